The minimum atomic E-state index is -0.152. The molecular weight excluding hydrogens is 294 g/mol. The predicted molar refractivity (Wildman–Crippen MR) is 74.0 cm³/mol. The van der Waals surface area contributed by atoms with E-state index in [1.807, 2.05) is 18.2 Å². The second-order valence-corrected chi connectivity index (χ2v) is 4.59. The van der Waals surface area contributed by atoms with E-state index in [1.54, 1.807) is 24.4 Å². The van der Waals surface area contributed by atoms with Crippen molar-refractivity contribution in [1.29, 1.82) is 0 Å². The Hall–Kier alpha value is -1.88. The Morgan fingerprint density at radius 3 is 2.83 bits per heavy atom. The molecule has 0 saturated carbocycles. The maximum atomic E-state index is 11.9. The summed E-state index contributed by atoms with van der Waals surface area (Å²) in [5.74, 6) is -0.152. The molecule has 0 aliphatic carbocycles. The monoisotopic (exact) mass is 305 g/mol. The van der Waals surface area contributed by atoms with Gasteiger partial charge in [0.1, 0.15) is 0 Å². The van der Waals surface area contributed by atoms with Gasteiger partial charge in [0.15, 0.2) is 0 Å². The van der Waals surface area contributed by atoms with Crippen molar-refractivity contribution >= 4 is 27.5 Å². The zero-order valence-corrected chi connectivity index (χ0v) is 11.1. The summed E-state index contributed by atoms with van der Waals surface area (Å²) in [6.07, 6.45) is 1.70. The van der Waals surface area contributed by atoms with E-state index in [0.29, 0.717) is 22.3 Å². The van der Waals surface area contributed by atoms with Crippen molar-refractivity contribution in [2.75, 3.05) is 5.73 Å². The van der Waals surface area contributed by atoms with E-state index in [0.717, 1.165) is 5.69 Å². The lowest BCUT2D eigenvalue weighted by atomic mass is 10.2. The zero-order chi connectivity index (χ0) is 13.0. The van der Waals surface area contributed by atoms with Gasteiger partial charge in [-0.2, -0.15) is 0 Å². The number of hydrogen-bond donors (Lipinski definition) is 2. The third-order valence-corrected chi connectivity index (χ3v) is 3.11. The molecule has 1 amide bonds. The number of nitrogen functional groups attached to an aromatic ring is 1. The maximum Gasteiger partial charge on any atom is 0.251 e. The maximum absolute atomic E-state index is 11.9. The Kier molecular flexibility index (Phi) is 3.94. The zero-order valence-electron chi connectivity index (χ0n) is 9.56. The van der Waals surface area contributed by atoms with Gasteiger partial charge in [0.05, 0.1) is 12.2 Å². The molecule has 0 aliphatic rings. The predicted octanol–water partition coefficient (Wildman–Crippen LogP) is 2.36. The van der Waals surface area contributed by atoms with Gasteiger partial charge in [0, 0.05) is 21.9 Å². The summed E-state index contributed by atoms with van der Waals surface area (Å²) in [7, 11) is 0. The fourth-order valence-electron chi connectivity index (χ4n) is 1.44. The topological polar surface area (TPSA) is 68.0 Å². The molecule has 0 atom stereocenters. The van der Waals surface area contributed by atoms with Crippen LogP contribution in [-0.4, -0.2) is 10.9 Å². The number of carbonyl (C=O) groups is 1. The van der Waals surface area contributed by atoms with Crippen LogP contribution in [0.5, 0.6) is 0 Å². The SMILES string of the molecule is Nc1ccc(C(=O)NCc2ccccn2)cc1Br. The number of nitrogens with zero attached hydrogens (tertiary/aromatic N) is 1. The van der Waals surface area contributed by atoms with Gasteiger partial charge >= 0.3 is 0 Å². The molecule has 0 aliphatic heterocycles. The molecule has 92 valence electrons. The van der Waals surface area contributed by atoms with E-state index in [-0.39, 0.29) is 5.91 Å². The molecular formula is C13H12BrN3O. The lowest BCUT2D eigenvalue weighted by Crippen LogP contribution is -2.23. The Bertz CT molecular complexity index is 557. The minimum Gasteiger partial charge on any atom is -0.398 e. The van der Waals surface area contributed by atoms with Crippen molar-refractivity contribution in [2.24, 2.45) is 0 Å². The normalized spacial score (nSPS) is 10.1. The summed E-state index contributed by atoms with van der Waals surface area (Å²) < 4.78 is 0.716. The lowest BCUT2D eigenvalue weighted by molar-refractivity contribution is 0.0950. The van der Waals surface area contributed by atoms with Gasteiger partial charge in [-0.15, -0.1) is 0 Å². The number of hydrogen-bond acceptors (Lipinski definition) is 3. The quantitative estimate of drug-likeness (QED) is 0.855. The molecule has 0 radical (unpaired) electrons. The summed E-state index contributed by atoms with van der Waals surface area (Å²) in [5, 5.41) is 2.80. The molecule has 2 aromatic rings. The third-order valence-electron chi connectivity index (χ3n) is 2.42. The number of carbonyl (C=O) groups excluding carboxylic acids is 1. The average molecular weight is 306 g/mol. The largest absolute Gasteiger partial charge is 0.398 e. The number of rotatable bonds is 3. The van der Waals surface area contributed by atoms with E-state index in [4.69, 9.17) is 5.73 Å². The van der Waals surface area contributed by atoms with Crippen LogP contribution in [0.25, 0.3) is 0 Å². The molecule has 1 heterocycles. The summed E-state index contributed by atoms with van der Waals surface area (Å²) in [6.45, 7) is 0.404. The molecule has 0 unspecified atom stereocenters. The summed E-state index contributed by atoms with van der Waals surface area (Å²) in [6, 6.07) is 10.7. The fraction of sp³-hybridized carbons (Fsp3) is 0.0769. The molecule has 5 heteroatoms. The van der Waals surface area contributed by atoms with Gasteiger partial charge in [0.25, 0.3) is 5.91 Å². The van der Waals surface area contributed by atoms with Crippen molar-refractivity contribution in [2.45, 2.75) is 6.54 Å². The highest BCUT2D eigenvalue weighted by atomic mass is 79.9. The highest BCUT2D eigenvalue weighted by molar-refractivity contribution is 9.10. The van der Waals surface area contributed by atoms with Gasteiger partial charge in [0.2, 0.25) is 0 Å². The third kappa shape index (κ3) is 3.07. The van der Waals surface area contributed by atoms with E-state index >= 15 is 0 Å². The van der Waals surface area contributed by atoms with E-state index in [1.165, 1.54) is 0 Å². The van der Waals surface area contributed by atoms with Crippen LogP contribution in [0.3, 0.4) is 0 Å². The molecule has 3 N–H and O–H groups in total. The van der Waals surface area contributed by atoms with Crippen LogP contribution in [0.4, 0.5) is 5.69 Å². The Morgan fingerprint density at radius 2 is 2.17 bits per heavy atom. The molecule has 1 aromatic carbocycles. The van der Waals surface area contributed by atoms with Crippen molar-refractivity contribution < 1.29 is 4.79 Å². The van der Waals surface area contributed by atoms with Crippen LogP contribution in [0, 0.1) is 0 Å². The number of nitrogens with two attached hydrogens (primary N) is 1. The Balaban J connectivity index is 2.02. The molecule has 1 aromatic heterocycles. The molecule has 0 fully saturated rings. The minimum absolute atomic E-state index is 0.152. The highest BCUT2D eigenvalue weighted by Gasteiger charge is 2.07. The van der Waals surface area contributed by atoms with Crippen LogP contribution in [0.1, 0.15) is 16.1 Å². The van der Waals surface area contributed by atoms with Gasteiger partial charge in [-0.1, -0.05) is 6.07 Å². The first-order valence-electron chi connectivity index (χ1n) is 5.40. The van der Waals surface area contributed by atoms with Crippen LogP contribution in [0.15, 0.2) is 47.1 Å². The fourth-order valence-corrected chi connectivity index (χ4v) is 1.82. The van der Waals surface area contributed by atoms with Gasteiger partial charge in [-0.25, -0.2) is 0 Å². The number of aromatic nitrogens is 1. The lowest BCUT2D eigenvalue weighted by Gasteiger charge is -2.06. The number of halogens is 1. The van der Waals surface area contributed by atoms with Crippen LogP contribution in [-0.2, 0) is 6.54 Å². The van der Waals surface area contributed by atoms with Gasteiger partial charge < -0.3 is 11.1 Å². The highest BCUT2D eigenvalue weighted by Crippen LogP contribution is 2.20. The molecule has 18 heavy (non-hydrogen) atoms. The molecule has 0 spiro atoms. The summed E-state index contributed by atoms with van der Waals surface area (Å²) >= 11 is 3.29. The van der Waals surface area contributed by atoms with Gasteiger partial charge in [-0.3, -0.25) is 9.78 Å². The Labute approximate surface area is 113 Å². The first-order chi connectivity index (χ1) is 8.66. The number of benzene rings is 1. The van der Waals surface area contributed by atoms with Crippen molar-refractivity contribution in [3.63, 3.8) is 0 Å². The second kappa shape index (κ2) is 5.64. The second-order valence-electron chi connectivity index (χ2n) is 3.74. The van der Waals surface area contributed by atoms with E-state index in [9.17, 15) is 4.79 Å². The standard InChI is InChI=1S/C13H12BrN3O/c14-11-7-9(4-5-12(11)15)13(18)17-8-10-3-1-2-6-16-10/h1-7H,8,15H2,(H,17,18). The molecule has 4 nitrogen and oxygen atoms in total. The molecule has 0 saturated heterocycles. The number of nitrogens with one attached hydrogen (secondary N) is 1. The summed E-state index contributed by atoms with van der Waals surface area (Å²) in [4.78, 5) is 16.0. The van der Waals surface area contributed by atoms with Crippen LogP contribution >= 0.6 is 15.9 Å². The van der Waals surface area contributed by atoms with Crippen LogP contribution in [0.2, 0.25) is 0 Å². The van der Waals surface area contributed by atoms with Crippen molar-refractivity contribution in [1.82, 2.24) is 10.3 Å². The first kappa shape index (κ1) is 12.6. The molecule has 0 bridgehead atoms. The van der Waals surface area contributed by atoms with E-state index < -0.39 is 0 Å². The van der Waals surface area contributed by atoms with Crippen LogP contribution < -0.4 is 11.1 Å². The number of anilines is 1. The van der Waals surface area contributed by atoms with E-state index in [2.05, 4.69) is 26.2 Å². The van der Waals surface area contributed by atoms with Gasteiger partial charge in [-0.05, 0) is 46.3 Å². The first-order valence-corrected chi connectivity index (χ1v) is 6.19. The smallest absolute Gasteiger partial charge is 0.251 e. The Morgan fingerprint density at radius 1 is 1.33 bits per heavy atom. The average Bonchev–Trinajstić information content (AvgIpc) is 2.40. The van der Waals surface area contributed by atoms with Crippen molar-refractivity contribution in [3.05, 3.63) is 58.3 Å². The number of amides is 1. The summed E-state index contributed by atoms with van der Waals surface area (Å²) in [5.41, 5.74) is 7.65. The molecule has 2 rings (SSSR count). The van der Waals surface area contributed by atoms with Crippen molar-refractivity contribution in [3.8, 4) is 0 Å². The number of pyridine rings is 1.